The molecule has 0 rings (SSSR count). The van der Waals surface area contributed by atoms with E-state index in [4.69, 9.17) is 14.2 Å². The fraction of sp³-hybridized carbons (Fsp3) is 0.750. The zero-order valence-electron chi connectivity index (χ0n) is 17.8. The number of ether oxygens (including phenoxy) is 3. The molecule has 1 atom stereocenters. The van der Waals surface area contributed by atoms with Crippen molar-refractivity contribution in [3.05, 3.63) is 12.2 Å². The van der Waals surface area contributed by atoms with Crippen molar-refractivity contribution < 1.29 is 28.6 Å². The van der Waals surface area contributed by atoms with Crippen molar-refractivity contribution in [1.29, 1.82) is 0 Å². The van der Waals surface area contributed by atoms with Crippen LogP contribution in [0.25, 0.3) is 0 Å². The van der Waals surface area contributed by atoms with Crippen LogP contribution in [-0.2, 0) is 23.8 Å². The van der Waals surface area contributed by atoms with E-state index < -0.39 is 17.5 Å². The fourth-order valence-corrected chi connectivity index (χ4v) is 2.41. The van der Waals surface area contributed by atoms with E-state index in [2.05, 4.69) is 25.7 Å². The number of nitrogens with one attached hydrogen (secondary N) is 1. The first-order valence-corrected chi connectivity index (χ1v) is 9.21. The predicted molar refractivity (Wildman–Crippen MR) is 103 cm³/mol. The summed E-state index contributed by atoms with van der Waals surface area (Å²) < 4.78 is 15.1. The van der Waals surface area contributed by atoms with Crippen molar-refractivity contribution in [1.82, 2.24) is 5.32 Å². The lowest BCUT2D eigenvalue weighted by atomic mass is 9.64. The van der Waals surface area contributed by atoms with Crippen LogP contribution in [0.2, 0.25) is 0 Å². The quantitative estimate of drug-likeness (QED) is 0.268. The van der Waals surface area contributed by atoms with E-state index in [1.54, 1.807) is 0 Å². The van der Waals surface area contributed by atoms with Crippen LogP contribution in [0.1, 0.15) is 54.9 Å². The molecule has 0 radical (unpaired) electrons. The van der Waals surface area contributed by atoms with Crippen LogP contribution >= 0.6 is 0 Å². The van der Waals surface area contributed by atoms with Crippen LogP contribution in [0.15, 0.2) is 12.2 Å². The number of amides is 1. The molecule has 156 valence electrons. The average molecular weight is 386 g/mol. The van der Waals surface area contributed by atoms with Gasteiger partial charge >= 0.3 is 18.0 Å². The number of esters is 2. The standard InChI is InChI=1S/C20H35NO6/c1-14(2)13-20(8,19(5,6)7)17(23)26-11-12-27-18(24)21-9-10-25-16(22)15(3)4/h14H,3,9-13H2,1-2,4-8H3,(H,21,24). The van der Waals surface area contributed by atoms with Gasteiger partial charge in [0.05, 0.1) is 12.0 Å². The summed E-state index contributed by atoms with van der Waals surface area (Å²) in [5.74, 6) is -0.456. The van der Waals surface area contributed by atoms with E-state index in [1.165, 1.54) is 6.92 Å². The Hall–Kier alpha value is -2.05. The molecule has 0 spiro atoms. The van der Waals surface area contributed by atoms with Gasteiger partial charge < -0.3 is 19.5 Å². The first kappa shape index (κ1) is 24.9. The average Bonchev–Trinajstić information content (AvgIpc) is 2.53. The summed E-state index contributed by atoms with van der Waals surface area (Å²) in [6, 6.07) is 0. The summed E-state index contributed by atoms with van der Waals surface area (Å²) >= 11 is 0. The number of hydrogen-bond donors (Lipinski definition) is 1. The third kappa shape index (κ3) is 8.93. The fourth-order valence-electron chi connectivity index (χ4n) is 2.41. The summed E-state index contributed by atoms with van der Waals surface area (Å²) in [5, 5.41) is 2.44. The molecule has 0 heterocycles. The highest BCUT2D eigenvalue weighted by Gasteiger charge is 2.45. The topological polar surface area (TPSA) is 90.9 Å². The van der Waals surface area contributed by atoms with Crippen molar-refractivity contribution in [3.8, 4) is 0 Å². The normalized spacial score (nSPS) is 13.5. The van der Waals surface area contributed by atoms with Crippen molar-refractivity contribution in [3.63, 3.8) is 0 Å². The number of carbonyl (C=O) groups is 3. The molecule has 0 aliphatic carbocycles. The van der Waals surface area contributed by atoms with Gasteiger partial charge in [-0.1, -0.05) is 41.2 Å². The maximum atomic E-state index is 12.6. The van der Waals surface area contributed by atoms with Crippen LogP contribution in [0.4, 0.5) is 4.79 Å². The molecule has 1 amide bonds. The van der Waals surface area contributed by atoms with Crippen LogP contribution in [-0.4, -0.2) is 44.4 Å². The molecule has 7 nitrogen and oxygen atoms in total. The Balaban J connectivity index is 4.21. The summed E-state index contributed by atoms with van der Waals surface area (Å²) in [7, 11) is 0. The molecule has 0 saturated carbocycles. The molecule has 0 aliphatic heterocycles. The Labute approximate surface area is 162 Å². The van der Waals surface area contributed by atoms with Crippen molar-refractivity contribution >= 4 is 18.0 Å². The molecule has 0 aromatic heterocycles. The predicted octanol–water partition coefficient (Wildman–Crippen LogP) is 3.47. The minimum Gasteiger partial charge on any atom is -0.462 e. The van der Waals surface area contributed by atoms with Gasteiger partial charge in [-0.3, -0.25) is 4.79 Å². The Morgan fingerprint density at radius 2 is 1.52 bits per heavy atom. The van der Waals surface area contributed by atoms with E-state index in [-0.39, 0.29) is 37.7 Å². The molecule has 1 unspecified atom stereocenters. The minimum atomic E-state index is -0.668. The van der Waals surface area contributed by atoms with Crippen molar-refractivity contribution in [2.24, 2.45) is 16.7 Å². The highest BCUT2D eigenvalue weighted by Crippen LogP contribution is 2.44. The monoisotopic (exact) mass is 385 g/mol. The van der Waals surface area contributed by atoms with Gasteiger partial charge in [-0.2, -0.15) is 0 Å². The molecule has 0 bridgehead atoms. The van der Waals surface area contributed by atoms with E-state index in [0.717, 1.165) is 0 Å². The SMILES string of the molecule is C=C(C)C(=O)OCCNC(=O)OCCOC(=O)C(C)(CC(C)C)C(C)(C)C. The van der Waals surface area contributed by atoms with Crippen LogP contribution in [0.5, 0.6) is 0 Å². The number of carbonyl (C=O) groups excluding carboxylic acids is 3. The maximum absolute atomic E-state index is 12.6. The summed E-state index contributed by atoms with van der Waals surface area (Å²) in [6.45, 7) is 17.2. The van der Waals surface area contributed by atoms with Gasteiger partial charge in [0.1, 0.15) is 19.8 Å². The summed E-state index contributed by atoms with van der Waals surface area (Å²) in [6.07, 6.45) is 0.0396. The van der Waals surface area contributed by atoms with Crippen LogP contribution in [0, 0.1) is 16.7 Å². The Bertz CT molecular complexity index is 535. The summed E-state index contributed by atoms with van der Waals surface area (Å²) in [4.78, 5) is 35.3. The molecular formula is C20H35NO6. The van der Waals surface area contributed by atoms with Gasteiger partial charge in [-0.05, 0) is 31.6 Å². The van der Waals surface area contributed by atoms with Crippen LogP contribution < -0.4 is 5.32 Å². The smallest absolute Gasteiger partial charge is 0.407 e. The van der Waals surface area contributed by atoms with E-state index in [1.807, 2.05) is 27.7 Å². The van der Waals surface area contributed by atoms with Gasteiger partial charge in [-0.25, -0.2) is 9.59 Å². The Morgan fingerprint density at radius 1 is 0.963 bits per heavy atom. The molecule has 0 fully saturated rings. The second-order valence-corrected chi connectivity index (χ2v) is 8.29. The minimum absolute atomic E-state index is 0.0132. The molecule has 27 heavy (non-hydrogen) atoms. The molecule has 0 aromatic carbocycles. The van der Waals surface area contributed by atoms with Crippen LogP contribution in [0.3, 0.4) is 0 Å². The first-order chi connectivity index (χ1) is 12.3. The van der Waals surface area contributed by atoms with Gasteiger partial charge in [0, 0.05) is 5.57 Å². The zero-order chi connectivity index (χ0) is 21.3. The molecular weight excluding hydrogens is 350 g/mol. The second-order valence-electron chi connectivity index (χ2n) is 8.29. The summed E-state index contributed by atoms with van der Waals surface area (Å²) in [5.41, 5.74) is -0.594. The molecule has 1 N–H and O–H groups in total. The zero-order valence-corrected chi connectivity index (χ0v) is 17.8. The van der Waals surface area contributed by atoms with E-state index >= 15 is 0 Å². The Kier molecular flexibility index (Phi) is 10.1. The second kappa shape index (κ2) is 10.9. The number of rotatable bonds is 10. The lowest BCUT2D eigenvalue weighted by Crippen LogP contribution is -2.43. The lowest BCUT2D eigenvalue weighted by molar-refractivity contribution is -0.164. The number of hydrogen-bond acceptors (Lipinski definition) is 6. The number of alkyl carbamates (subject to hydrolysis) is 1. The van der Waals surface area contributed by atoms with Gasteiger partial charge in [-0.15, -0.1) is 0 Å². The largest absolute Gasteiger partial charge is 0.462 e. The third-order valence-corrected chi connectivity index (χ3v) is 4.43. The van der Waals surface area contributed by atoms with E-state index in [0.29, 0.717) is 17.9 Å². The highest BCUT2D eigenvalue weighted by atomic mass is 16.6. The molecule has 7 heteroatoms. The van der Waals surface area contributed by atoms with Crippen molar-refractivity contribution in [2.75, 3.05) is 26.4 Å². The maximum Gasteiger partial charge on any atom is 0.407 e. The molecule has 0 saturated heterocycles. The highest BCUT2D eigenvalue weighted by molar-refractivity contribution is 5.86. The van der Waals surface area contributed by atoms with Gasteiger partial charge in [0.15, 0.2) is 0 Å². The van der Waals surface area contributed by atoms with Gasteiger partial charge in [0.2, 0.25) is 0 Å². The Morgan fingerprint density at radius 3 is 2.00 bits per heavy atom. The van der Waals surface area contributed by atoms with Crippen molar-refractivity contribution in [2.45, 2.75) is 54.9 Å². The van der Waals surface area contributed by atoms with E-state index in [9.17, 15) is 14.4 Å². The van der Waals surface area contributed by atoms with Gasteiger partial charge in [0.25, 0.3) is 0 Å². The first-order valence-electron chi connectivity index (χ1n) is 9.21. The lowest BCUT2D eigenvalue weighted by Gasteiger charge is -2.40. The third-order valence-electron chi connectivity index (χ3n) is 4.43. The molecule has 0 aliphatic rings. The molecule has 0 aromatic rings.